The molecular formula is C23H19N7O2. The van der Waals surface area contributed by atoms with Gasteiger partial charge in [0.1, 0.15) is 23.3 Å². The molecule has 0 saturated carbocycles. The molecule has 0 aliphatic carbocycles. The summed E-state index contributed by atoms with van der Waals surface area (Å²) in [5.41, 5.74) is 4.24. The number of fused-ring (bicyclic) bond motifs is 2. The number of carbonyl (C=O) groups is 1. The first kappa shape index (κ1) is 19.4. The molecule has 0 spiro atoms. The van der Waals surface area contributed by atoms with Crippen LogP contribution in [0.1, 0.15) is 17.5 Å². The molecule has 5 rings (SSSR count). The fourth-order valence-corrected chi connectivity index (χ4v) is 3.71. The molecule has 0 radical (unpaired) electrons. The lowest BCUT2D eigenvalue weighted by molar-refractivity contribution is -0.116. The summed E-state index contributed by atoms with van der Waals surface area (Å²) in [6.07, 6.45) is 2.75. The predicted molar refractivity (Wildman–Crippen MR) is 122 cm³/mol. The van der Waals surface area contributed by atoms with E-state index in [0.717, 1.165) is 22.7 Å². The molecule has 4 N–H and O–H groups in total. The number of methoxy groups -OCH3 is 1. The van der Waals surface area contributed by atoms with Gasteiger partial charge in [0.25, 0.3) is 0 Å². The molecule has 32 heavy (non-hydrogen) atoms. The molecule has 2 aromatic carbocycles. The van der Waals surface area contributed by atoms with Crippen LogP contribution in [0.15, 0.2) is 48.7 Å². The fraction of sp³-hybridized carbons (Fsp3) is 0.130. The topological polar surface area (TPSA) is 128 Å². The van der Waals surface area contributed by atoms with Gasteiger partial charge in [-0.25, -0.2) is 0 Å². The van der Waals surface area contributed by atoms with Gasteiger partial charge in [0, 0.05) is 18.3 Å². The Morgan fingerprint density at radius 3 is 2.72 bits per heavy atom. The van der Waals surface area contributed by atoms with Gasteiger partial charge in [-0.05, 0) is 42.3 Å². The average molecular weight is 425 g/mol. The maximum absolute atomic E-state index is 11.9. The number of aromatic nitrogens is 3. The summed E-state index contributed by atoms with van der Waals surface area (Å²) in [6.45, 7) is 0. The second-order valence-electron chi connectivity index (χ2n) is 7.30. The number of anilines is 5. The van der Waals surface area contributed by atoms with Crippen molar-refractivity contribution in [2.75, 3.05) is 23.1 Å². The minimum absolute atomic E-state index is 0.0204. The smallest absolute Gasteiger partial charge is 0.231 e. The molecule has 158 valence electrons. The number of aryl methyl sites for hydroxylation is 1. The van der Waals surface area contributed by atoms with Crippen molar-refractivity contribution in [1.82, 2.24) is 15.0 Å². The molecule has 2 aromatic heterocycles. The van der Waals surface area contributed by atoms with Gasteiger partial charge in [0.2, 0.25) is 11.9 Å². The zero-order valence-electron chi connectivity index (χ0n) is 17.2. The number of nitriles is 1. The molecule has 9 heteroatoms. The van der Waals surface area contributed by atoms with Crippen LogP contribution in [-0.2, 0) is 11.2 Å². The highest BCUT2D eigenvalue weighted by Crippen LogP contribution is 2.34. The van der Waals surface area contributed by atoms with Crippen LogP contribution in [0.3, 0.4) is 0 Å². The van der Waals surface area contributed by atoms with Crippen LogP contribution in [0.4, 0.5) is 28.8 Å². The van der Waals surface area contributed by atoms with Crippen LogP contribution in [0.2, 0.25) is 0 Å². The summed E-state index contributed by atoms with van der Waals surface area (Å²) >= 11 is 0. The van der Waals surface area contributed by atoms with Crippen molar-refractivity contribution in [1.29, 1.82) is 5.26 Å². The normalized spacial score (nSPS) is 12.6. The van der Waals surface area contributed by atoms with E-state index in [1.54, 1.807) is 13.3 Å². The monoisotopic (exact) mass is 425 g/mol. The Hall–Kier alpha value is -4.58. The minimum Gasteiger partial charge on any atom is -0.497 e. The van der Waals surface area contributed by atoms with E-state index in [9.17, 15) is 10.1 Å². The summed E-state index contributed by atoms with van der Waals surface area (Å²) in [5.74, 6) is 1.52. The first-order valence-electron chi connectivity index (χ1n) is 10.0. The molecule has 0 atom stereocenters. The van der Waals surface area contributed by atoms with Gasteiger partial charge in [0.05, 0.1) is 29.4 Å². The Labute approximate surface area is 183 Å². The Kier molecular flexibility index (Phi) is 4.80. The Morgan fingerprint density at radius 1 is 1.09 bits per heavy atom. The lowest BCUT2D eigenvalue weighted by Crippen LogP contribution is -2.20. The highest BCUT2D eigenvalue weighted by Gasteiger charge is 2.19. The third-order valence-electron chi connectivity index (χ3n) is 5.29. The third kappa shape index (κ3) is 3.54. The number of nitrogens with zero attached hydrogens (tertiary/aromatic N) is 3. The number of nitrogens with one attached hydrogen (secondary N) is 4. The van der Waals surface area contributed by atoms with E-state index in [4.69, 9.17) is 4.74 Å². The van der Waals surface area contributed by atoms with Crippen molar-refractivity contribution in [3.05, 3.63) is 59.8 Å². The molecule has 3 heterocycles. The predicted octanol–water partition coefficient (Wildman–Crippen LogP) is 4.21. The molecule has 9 nitrogen and oxygen atoms in total. The van der Waals surface area contributed by atoms with Crippen LogP contribution in [0.25, 0.3) is 11.0 Å². The number of carbonyl (C=O) groups excluding carboxylic acids is 1. The maximum Gasteiger partial charge on any atom is 0.231 e. The van der Waals surface area contributed by atoms with Gasteiger partial charge >= 0.3 is 0 Å². The zero-order chi connectivity index (χ0) is 22.1. The number of rotatable bonds is 5. The molecule has 1 aliphatic rings. The van der Waals surface area contributed by atoms with E-state index in [-0.39, 0.29) is 5.91 Å². The minimum atomic E-state index is -0.0204. The number of amides is 1. The van der Waals surface area contributed by atoms with Crippen LogP contribution in [0.5, 0.6) is 5.75 Å². The summed E-state index contributed by atoms with van der Waals surface area (Å²) in [4.78, 5) is 24.1. The van der Waals surface area contributed by atoms with Gasteiger partial charge < -0.3 is 25.7 Å². The first-order chi connectivity index (χ1) is 15.6. The van der Waals surface area contributed by atoms with Gasteiger partial charge in [0.15, 0.2) is 0 Å². The van der Waals surface area contributed by atoms with Crippen LogP contribution in [0, 0.1) is 11.3 Å². The summed E-state index contributed by atoms with van der Waals surface area (Å²) in [6, 6.07) is 15.3. The molecule has 0 saturated heterocycles. The van der Waals surface area contributed by atoms with Crippen molar-refractivity contribution in [3.8, 4) is 11.8 Å². The van der Waals surface area contributed by atoms with Gasteiger partial charge in [-0.3, -0.25) is 4.79 Å². The van der Waals surface area contributed by atoms with Crippen LogP contribution in [-0.4, -0.2) is 28.0 Å². The van der Waals surface area contributed by atoms with Crippen LogP contribution >= 0.6 is 0 Å². The Bertz CT molecular complexity index is 1370. The fourth-order valence-electron chi connectivity index (χ4n) is 3.71. The van der Waals surface area contributed by atoms with E-state index >= 15 is 0 Å². The highest BCUT2D eigenvalue weighted by molar-refractivity contribution is 5.99. The lowest BCUT2D eigenvalue weighted by Gasteiger charge is -2.20. The van der Waals surface area contributed by atoms with Gasteiger partial charge in [-0.2, -0.15) is 15.2 Å². The van der Waals surface area contributed by atoms with Gasteiger partial charge in [-0.15, -0.1) is 0 Å². The van der Waals surface area contributed by atoms with E-state index in [2.05, 4.69) is 37.0 Å². The molecule has 1 aliphatic heterocycles. The quantitative estimate of drug-likeness (QED) is 0.377. The van der Waals surface area contributed by atoms with Crippen molar-refractivity contribution < 1.29 is 9.53 Å². The molecule has 0 fully saturated rings. The number of H-pyrrole nitrogens is 1. The van der Waals surface area contributed by atoms with E-state index in [1.165, 1.54) is 0 Å². The number of hydrogen-bond donors (Lipinski definition) is 4. The zero-order valence-corrected chi connectivity index (χ0v) is 17.2. The van der Waals surface area contributed by atoms with Crippen molar-refractivity contribution >= 4 is 45.8 Å². The van der Waals surface area contributed by atoms with Crippen molar-refractivity contribution in [2.24, 2.45) is 0 Å². The first-order valence-corrected chi connectivity index (χ1v) is 10.0. The lowest BCUT2D eigenvalue weighted by atomic mass is 10.0. The van der Waals surface area contributed by atoms with E-state index < -0.39 is 0 Å². The molecule has 0 bridgehead atoms. The number of ether oxygens (including phenoxy) is 1. The molecular weight excluding hydrogens is 406 g/mol. The van der Waals surface area contributed by atoms with E-state index in [0.29, 0.717) is 46.9 Å². The number of aromatic amines is 1. The Balaban J connectivity index is 1.55. The second-order valence-corrected chi connectivity index (χ2v) is 7.30. The van der Waals surface area contributed by atoms with Crippen molar-refractivity contribution in [2.45, 2.75) is 12.8 Å². The van der Waals surface area contributed by atoms with Gasteiger partial charge in [-0.1, -0.05) is 12.1 Å². The summed E-state index contributed by atoms with van der Waals surface area (Å²) in [7, 11) is 1.61. The average Bonchev–Trinajstić information content (AvgIpc) is 3.23. The maximum atomic E-state index is 11.9. The van der Waals surface area contributed by atoms with E-state index in [1.807, 2.05) is 42.5 Å². The second kappa shape index (κ2) is 7.92. The summed E-state index contributed by atoms with van der Waals surface area (Å²) < 4.78 is 5.21. The van der Waals surface area contributed by atoms with Crippen molar-refractivity contribution in [3.63, 3.8) is 0 Å². The molecule has 1 amide bonds. The largest absolute Gasteiger partial charge is 0.497 e. The molecule has 0 unspecified atom stereocenters. The standard InChI is InChI=1S/C23H19N7O2/c1-32-16-8-6-15(7-9-16)26-22-19-14(11-24)12-25-21(19)29-23(30-22)27-17-4-2-3-13-5-10-18(31)28-20(13)17/h2-4,6-9,12H,5,10H2,1H3,(H,28,31)(H3,25,26,27,29,30). The SMILES string of the molecule is COc1ccc(Nc2nc(Nc3cccc4c3NC(=O)CC4)nc3[nH]cc(C#N)c23)cc1. The Morgan fingerprint density at radius 2 is 1.94 bits per heavy atom. The number of para-hydroxylation sites is 1. The third-order valence-corrected chi connectivity index (χ3v) is 5.29. The highest BCUT2D eigenvalue weighted by atomic mass is 16.5. The van der Waals surface area contributed by atoms with Crippen LogP contribution < -0.4 is 20.7 Å². The number of hydrogen-bond acceptors (Lipinski definition) is 7. The molecule has 4 aromatic rings. The summed E-state index contributed by atoms with van der Waals surface area (Å²) in [5, 5.41) is 19.5. The number of benzene rings is 2.